The minimum absolute atomic E-state index is 0.369. The van der Waals surface area contributed by atoms with Crippen LogP contribution < -0.4 is 4.90 Å². The molecule has 2 aliphatic rings. The lowest BCUT2D eigenvalue weighted by molar-refractivity contribution is 0.473. The summed E-state index contributed by atoms with van der Waals surface area (Å²) in [5.74, 6) is 0.319. The maximum atomic E-state index is 12.8. The van der Waals surface area contributed by atoms with Gasteiger partial charge < -0.3 is 4.90 Å². The largest absolute Gasteiger partial charge is 0.335 e. The summed E-state index contributed by atoms with van der Waals surface area (Å²) in [6.07, 6.45) is 7.18. The van der Waals surface area contributed by atoms with Crippen molar-refractivity contribution in [3.05, 3.63) is 18.2 Å². The van der Waals surface area contributed by atoms with Crippen LogP contribution >= 0.6 is 15.9 Å². The molecular weight excluding hydrogens is 273 g/mol. The zero-order valence-electron chi connectivity index (χ0n) is 8.81. The van der Waals surface area contributed by atoms with Crippen molar-refractivity contribution in [2.75, 3.05) is 4.90 Å². The monoisotopic (exact) mass is 285 g/mol. The Bertz CT molecular complexity index is 369. The Morgan fingerprint density at radius 2 is 1.75 bits per heavy atom. The summed E-state index contributed by atoms with van der Waals surface area (Å²) in [6.45, 7) is 0. The van der Waals surface area contributed by atoms with Gasteiger partial charge in [-0.15, -0.1) is 0 Å². The summed E-state index contributed by atoms with van der Waals surface area (Å²) >= 11 is 3.69. The predicted molar refractivity (Wildman–Crippen MR) is 63.2 cm³/mol. The molecule has 5 heteroatoms. The van der Waals surface area contributed by atoms with Crippen molar-refractivity contribution in [1.82, 2.24) is 9.97 Å². The summed E-state index contributed by atoms with van der Waals surface area (Å²) in [7, 11) is 0. The van der Waals surface area contributed by atoms with Crippen LogP contribution in [0.2, 0.25) is 0 Å². The minimum atomic E-state index is -0.369. The number of anilines is 1. The molecule has 1 aromatic heterocycles. The lowest BCUT2D eigenvalue weighted by Gasteiger charge is -2.37. The molecule has 3 nitrogen and oxygen atoms in total. The van der Waals surface area contributed by atoms with Crippen LogP contribution in [0, 0.1) is 5.82 Å². The third-order valence-electron chi connectivity index (χ3n) is 3.51. The van der Waals surface area contributed by atoms with Crippen molar-refractivity contribution in [3.8, 4) is 0 Å². The quantitative estimate of drug-likeness (QED) is 0.743. The van der Waals surface area contributed by atoms with Gasteiger partial charge in [0.25, 0.3) is 0 Å². The first-order valence-electron chi connectivity index (χ1n) is 5.64. The average molecular weight is 286 g/mol. The zero-order valence-corrected chi connectivity index (χ0v) is 10.4. The van der Waals surface area contributed by atoms with E-state index < -0.39 is 0 Å². The first-order chi connectivity index (χ1) is 7.74. The van der Waals surface area contributed by atoms with Gasteiger partial charge in [-0.05, 0) is 25.7 Å². The second-order valence-electron chi connectivity index (χ2n) is 4.56. The molecule has 16 heavy (non-hydrogen) atoms. The molecule has 2 aliphatic heterocycles. The number of piperidine rings is 1. The van der Waals surface area contributed by atoms with E-state index in [4.69, 9.17) is 0 Å². The van der Waals surface area contributed by atoms with E-state index in [1.54, 1.807) is 0 Å². The van der Waals surface area contributed by atoms with E-state index in [2.05, 4.69) is 30.8 Å². The predicted octanol–water partition coefficient (Wildman–Crippen LogP) is 2.51. The van der Waals surface area contributed by atoms with E-state index in [-0.39, 0.29) is 5.82 Å². The van der Waals surface area contributed by atoms with Gasteiger partial charge in [-0.25, -0.2) is 14.4 Å². The molecule has 0 radical (unpaired) electrons. The number of hydrogen-bond donors (Lipinski definition) is 0. The van der Waals surface area contributed by atoms with Gasteiger partial charge in [-0.1, -0.05) is 15.9 Å². The van der Waals surface area contributed by atoms with Crippen molar-refractivity contribution in [3.63, 3.8) is 0 Å². The fourth-order valence-corrected chi connectivity index (χ4v) is 3.74. The first-order valence-corrected chi connectivity index (χ1v) is 6.55. The molecule has 0 N–H and O–H groups in total. The molecule has 2 fully saturated rings. The topological polar surface area (TPSA) is 29.0 Å². The van der Waals surface area contributed by atoms with Crippen molar-refractivity contribution >= 4 is 21.9 Å². The van der Waals surface area contributed by atoms with Crippen LogP contribution in [0.15, 0.2) is 12.4 Å². The zero-order chi connectivity index (χ0) is 11.1. The van der Waals surface area contributed by atoms with Gasteiger partial charge in [0, 0.05) is 16.9 Å². The van der Waals surface area contributed by atoms with Gasteiger partial charge in [0.15, 0.2) is 5.82 Å². The second kappa shape index (κ2) is 3.95. The number of halogens is 2. The highest BCUT2D eigenvalue weighted by molar-refractivity contribution is 9.09. The second-order valence-corrected chi connectivity index (χ2v) is 5.86. The summed E-state index contributed by atoms with van der Waals surface area (Å²) in [5.41, 5.74) is 0. The molecule has 86 valence electrons. The molecule has 0 aromatic carbocycles. The molecule has 1 aromatic rings. The van der Waals surface area contributed by atoms with Crippen LogP contribution in [0.1, 0.15) is 25.7 Å². The molecular formula is C11H13BrFN3. The Balaban J connectivity index is 1.88. The fourth-order valence-electron chi connectivity index (χ4n) is 2.88. The molecule has 2 bridgehead atoms. The average Bonchev–Trinajstić information content (AvgIpc) is 2.54. The van der Waals surface area contributed by atoms with E-state index in [1.807, 2.05) is 0 Å². The van der Waals surface area contributed by atoms with Crippen molar-refractivity contribution in [1.29, 1.82) is 0 Å². The highest BCUT2D eigenvalue weighted by Crippen LogP contribution is 2.39. The van der Waals surface area contributed by atoms with Gasteiger partial charge in [0.1, 0.15) is 0 Å². The van der Waals surface area contributed by atoms with Crippen molar-refractivity contribution in [2.24, 2.45) is 0 Å². The highest BCUT2D eigenvalue weighted by Gasteiger charge is 2.41. The lowest BCUT2D eigenvalue weighted by Crippen LogP contribution is -2.44. The maximum absolute atomic E-state index is 12.8. The molecule has 0 saturated carbocycles. The Labute approximate surface area is 102 Å². The molecule has 2 atom stereocenters. The molecule has 2 saturated heterocycles. The van der Waals surface area contributed by atoms with Gasteiger partial charge in [-0.3, -0.25) is 0 Å². The van der Waals surface area contributed by atoms with Crippen LogP contribution in [-0.2, 0) is 0 Å². The normalized spacial score (nSPS) is 33.1. The third-order valence-corrected chi connectivity index (χ3v) is 4.26. The summed E-state index contributed by atoms with van der Waals surface area (Å²) in [5, 5.41) is 0. The standard InChI is InChI=1S/C11H13BrFN3/c12-7-3-9-1-2-10(4-7)16(9)11-14-5-8(13)6-15-11/h5-7,9-10H,1-4H2. The number of rotatable bonds is 1. The molecule has 0 spiro atoms. The maximum Gasteiger partial charge on any atom is 0.225 e. The number of aromatic nitrogens is 2. The van der Waals surface area contributed by atoms with E-state index in [1.165, 1.54) is 25.2 Å². The smallest absolute Gasteiger partial charge is 0.225 e. The Morgan fingerprint density at radius 1 is 1.19 bits per heavy atom. The van der Waals surface area contributed by atoms with Crippen molar-refractivity contribution in [2.45, 2.75) is 42.6 Å². The first kappa shape index (κ1) is 10.4. The van der Waals surface area contributed by atoms with Crippen LogP contribution in [0.4, 0.5) is 10.3 Å². The molecule has 0 amide bonds. The Hall–Kier alpha value is -0.710. The Morgan fingerprint density at radius 3 is 2.31 bits per heavy atom. The fraction of sp³-hybridized carbons (Fsp3) is 0.636. The van der Waals surface area contributed by atoms with Gasteiger partial charge in [0.05, 0.1) is 12.4 Å². The number of alkyl halides is 1. The number of nitrogens with zero attached hydrogens (tertiary/aromatic N) is 3. The van der Waals surface area contributed by atoms with Crippen LogP contribution in [-0.4, -0.2) is 26.9 Å². The number of fused-ring (bicyclic) bond motifs is 2. The lowest BCUT2D eigenvalue weighted by atomic mass is 10.0. The van der Waals surface area contributed by atoms with Gasteiger partial charge >= 0.3 is 0 Å². The summed E-state index contributed by atoms with van der Waals surface area (Å²) in [4.78, 5) is 11.1. The number of hydrogen-bond acceptors (Lipinski definition) is 3. The molecule has 2 unspecified atom stereocenters. The molecule has 0 aliphatic carbocycles. The van der Waals surface area contributed by atoms with Gasteiger partial charge in [0.2, 0.25) is 5.95 Å². The van der Waals surface area contributed by atoms with E-state index >= 15 is 0 Å². The molecule has 3 rings (SSSR count). The van der Waals surface area contributed by atoms with E-state index in [0.717, 1.165) is 12.8 Å². The SMILES string of the molecule is Fc1cnc(N2C3CCC2CC(Br)C3)nc1. The van der Waals surface area contributed by atoms with Crippen LogP contribution in [0.25, 0.3) is 0 Å². The van der Waals surface area contributed by atoms with Crippen LogP contribution in [0.3, 0.4) is 0 Å². The van der Waals surface area contributed by atoms with E-state index in [9.17, 15) is 4.39 Å². The third kappa shape index (κ3) is 1.71. The minimum Gasteiger partial charge on any atom is -0.335 e. The summed E-state index contributed by atoms with van der Waals surface area (Å²) in [6, 6.07) is 1.04. The Kier molecular flexibility index (Phi) is 2.58. The highest BCUT2D eigenvalue weighted by atomic mass is 79.9. The van der Waals surface area contributed by atoms with Gasteiger partial charge in [-0.2, -0.15) is 0 Å². The van der Waals surface area contributed by atoms with Crippen LogP contribution in [0.5, 0.6) is 0 Å². The van der Waals surface area contributed by atoms with E-state index in [0.29, 0.717) is 22.9 Å². The van der Waals surface area contributed by atoms with Crippen molar-refractivity contribution < 1.29 is 4.39 Å². The molecule has 3 heterocycles. The summed E-state index contributed by atoms with van der Waals surface area (Å²) < 4.78 is 12.8.